The summed E-state index contributed by atoms with van der Waals surface area (Å²) in [5.41, 5.74) is 6.01. The second-order valence-corrected chi connectivity index (χ2v) is 4.61. The minimum Gasteiger partial charge on any atom is -0.383 e. The molecule has 5 heteroatoms. The van der Waals surface area contributed by atoms with Gasteiger partial charge in [0.15, 0.2) is 0 Å². The van der Waals surface area contributed by atoms with Gasteiger partial charge in [0, 0.05) is 12.7 Å². The molecule has 1 aromatic rings. The van der Waals surface area contributed by atoms with Crippen LogP contribution in [0.25, 0.3) is 0 Å². The average Bonchev–Trinajstić information content (AvgIpc) is 2.46. The van der Waals surface area contributed by atoms with Gasteiger partial charge in [0.2, 0.25) is 0 Å². The van der Waals surface area contributed by atoms with Gasteiger partial charge in [0.1, 0.15) is 5.82 Å². The first kappa shape index (κ1) is 17.2. The summed E-state index contributed by atoms with van der Waals surface area (Å²) in [5.74, 6) is 4.63. The van der Waals surface area contributed by atoms with Crippen molar-refractivity contribution in [2.24, 2.45) is 5.73 Å². The van der Waals surface area contributed by atoms with Crippen molar-refractivity contribution >= 4 is 5.91 Å². The molecule has 4 nitrogen and oxygen atoms in total. The SMILES string of the molecule is CCCC(COC)NC(=O)c1cc(F)ccc1C#CCN. The Hall–Kier alpha value is -1.90. The van der Waals surface area contributed by atoms with Gasteiger partial charge in [0.05, 0.1) is 24.8 Å². The van der Waals surface area contributed by atoms with E-state index in [0.29, 0.717) is 12.2 Å². The number of ether oxygens (including phenoxy) is 1. The summed E-state index contributed by atoms with van der Waals surface area (Å²) >= 11 is 0. The molecule has 0 aliphatic carbocycles. The van der Waals surface area contributed by atoms with Crippen molar-refractivity contribution < 1.29 is 13.9 Å². The minimum atomic E-state index is -0.475. The third kappa shape index (κ3) is 5.54. The van der Waals surface area contributed by atoms with Crippen molar-refractivity contribution in [3.8, 4) is 11.8 Å². The van der Waals surface area contributed by atoms with E-state index in [9.17, 15) is 9.18 Å². The number of rotatable bonds is 6. The topological polar surface area (TPSA) is 64.3 Å². The first-order valence-electron chi connectivity index (χ1n) is 6.90. The predicted molar refractivity (Wildman–Crippen MR) is 80.4 cm³/mol. The normalized spacial score (nSPS) is 11.4. The maximum absolute atomic E-state index is 13.4. The van der Waals surface area contributed by atoms with Crippen LogP contribution >= 0.6 is 0 Å². The van der Waals surface area contributed by atoms with Crippen molar-refractivity contribution in [3.05, 3.63) is 35.1 Å². The van der Waals surface area contributed by atoms with Gasteiger partial charge in [-0.2, -0.15) is 0 Å². The van der Waals surface area contributed by atoms with Crippen LogP contribution in [0, 0.1) is 17.7 Å². The fourth-order valence-corrected chi connectivity index (χ4v) is 1.97. The van der Waals surface area contributed by atoms with E-state index >= 15 is 0 Å². The van der Waals surface area contributed by atoms with Crippen LogP contribution < -0.4 is 11.1 Å². The highest BCUT2D eigenvalue weighted by molar-refractivity contribution is 5.97. The Labute approximate surface area is 124 Å². The lowest BCUT2D eigenvalue weighted by atomic mass is 10.1. The highest BCUT2D eigenvalue weighted by atomic mass is 19.1. The van der Waals surface area contributed by atoms with E-state index in [2.05, 4.69) is 17.2 Å². The number of carbonyl (C=O) groups is 1. The van der Waals surface area contributed by atoms with E-state index in [1.165, 1.54) is 18.2 Å². The molecule has 1 aromatic carbocycles. The van der Waals surface area contributed by atoms with E-state index in [1.807, 2.05) is 6.92 Å². The van der Waals surface area contributed by atoms with Gasteiger partial charge in [0.25, 0.3) is 5.91 Å². The van der Waals surface area contributed by atoms with Gasteiger partial charge in [-0.1, -0.05) is 25.2 Å². The van der Waals surface area contributed by atoms with Crippen LogP contribution in [-0.2, 0) is 4.74 Å². The van der Waals surface area contributed by atoms with Crippen LogP contribution in [-0.4, -0.2) is 32.2 Å². The van der Waals surface area contributed by atoms with Crippen molar-refractivity contribution in [2.45, 2.75) is 25.8 Å². The highest BCUT2D eigenvalue weighted by Gasteiger charge is 2.16. The summed E-state index contributed by atoms with van der Waals surface area (Å²) in [6.45, 7) is 2.62. The summed E-state index contributed by atoms with van der Waals surface area (Å²) < 4.78 is 18.5. The third-order valence-corrected chi connectivity index (χ3v) is 2.89. The number of hydrogen-bond acceptors (Lipinski definition) is 3. The number of methoxy groups -OCH3 is 1. The Bertz CT molecular complexity index is 529. The van der Waals surface area contributed by atoms with Gasteiger partial charge in [-0.05, 0) is 24.6 Å². The summed E-state index contributed by atoms with van der Waals surface area (Å²) in [5, 5.41) is 2.85. The van der Waals surface area contributed by atoms with Gasteiger partial charge in [-0.15, -0.1) is 0 Å². The first-order chi connectivity index (χ1) is 10.1. The molecule has 0 aliphatic heterocycles. The Morgan fingerprint density at radius 3 is 2.90 bits per heavy atom. The van der Waals surface area contributed by atoms with E-state index < -0.39 is 5.82 Å². The molecule has 1 atom stereocenters. The number of nitrogens with two attached hydrogens (primary N) is 1. The van der Waals surface area contributed by atoms with Crippen LogP contribution in [0.1, 0.15) is 35.7 Å². The van der Waals surface area contributed by atoms with E-state index in [1.54, 1.807) is 7.11 Å². The molecule has 0 aromatic heterocycles. The molecule has 114 valence electrons. The molecule has 0 fully saturated rings. The molecule has 0 saturated carbocycles. The van der Waals surface area contributed by atoms with Crippen molar-refractivity contribution in [1.29, 1.82) is 0 Å². The van der Waals surface area contributed by atoms with Crippen LogP contribution in [0.4, 0.5) is 4.39 Å². The number of carbonyl (C=O) groups excluding carboxylic acids is 1. The third-order valence-electron chi connectivity index (χ3n) is 2.89. The highest BCUT2D eigenvalue weighted by Crippen LogP contribution is 2.11. The second-order valence-electron chi connectivity index (χ2n) is 4.61. The second kappa shape index (κ2) is 9.11. The van der Waals surface area contributed by atoms with Crippen molar-refractivity contribution in [1.82, 2.24) is 5.32 Å². The Morgan fingerprint density at radius 1 is 1.52 bits per heavy atom. The number of halogens is 1. The average molecular weight is 292 g/mol. The zero-order valence-corrected chi connectivity index (χ0v) is 12.4. The molecule has 0 heterocycles. The summed E-state index contributed by atoms with van der Waals surface area (Å²) in [4.78, 5) is 12.3. The Kier molecular flexibility index (Phi) is 7.44. The van der Waals surface area contributed by atoms with E-state index in [4.69, 9.17) is 10.5 Å². The van der Waals surface area contributed by atoms with E-state index in [0.717, 1.165) is 12.8 Å². The van der Waals surface area contributed by atoms with Gasteiger partial charge < -0.3 is 15.8 Å². The lowest BCUT2D eigenvalue weighted by Gasteiger charge is -2.17. The molecule has 1 rings (SSSR count). The smallest absolute Gasteiger partial charge is 0.252 e. The molecule has 21 heavy (non-hydrogen) atoms. The summed E-state index contributed by atoms with van der Waals surface area (Å²) in [6, 6.07) is 3.84. The Balaban J connectivity index is 2.96. The van der Waals surface area contributed by atoms with Crippen LogP contribution in [0.15, 0.2) is 18.2 Å². The molecule has 0 radical (unpaired) electrons. The lowest BCUT2D eigenvalue weighted by Crippen LogP contribution is -2.38. The summed E-state index contributed by atoms with van der Waals surface area (Å²) in [7, 11) is 1.58. The van der Waals surface area contributed by atoms with Crippen LogP contribution in [0.5, 0.6) is 0 Å². The Morgan fingerprint density at radius 2 is 2.29 bits per heavy atom. The zero-order valence-electron chi connectivity index (χ0n) is 12.4. The van der Waals surface area contributed by atoms with Gasteiger partial charge >= 0.3 is 0 Å². The molecular formula is C16H21FN2O2. The zero-order chi connectivity index (χ0) is 15.7. The molecule has 1 unspecified atom stereocenters. The predicted octanol–water partition coefficient (Wildman–Crippen LogP) is 1.68. The van der Waals surface area contributed by atoms with E-state index in [-0.39, 0.29) is 24.1 Å². The van der Waals surface area contributed by atoms with Crippen molar-refractivity contribution in [2.75, 3.05) is 20.3 Å². The van der Waals surface area contributed by atoms with Crippen LogP contribution in [0.3, 0.4) is 0 Å². The van der Waals surface area contributed by atoms with Crippen LogP contribution in [0.2, 0.25) is 0 Å². The standard InChI is InChI=1S/C16H21FN2O2/c1-3-5-14(11-21-2)19-16(20)15-10-13(17)8-7-12(15)6-4-9-18/h7-8,10,14H,3,5,9,11,18H2,1-2H3,(H,19,20). The molecule has 0 aliphatic rings. The quantitative estimate of drug-likeness (QED) is 0.784. The van der Waals surface area contributed by atoms with Gasteiger partial charge in [-0.25, -0.2) is 4.39 Å². The maximum Gasteiger partial charge on any atom is 0.252 e. The lowest BCUT2D eigenvalue weighted by molar-refractivity contribution is 0.0891. The fraction of sp³-hybridized carbons (Fsp3) is 0.438. The molecule has 0 spiro atoms. The summed E-state index contributed by atoms with van der Waals surface area (Å²) in [6.07, 6.45) is 1.70. The number of benzene rings is 1. The first-order valence-corrected chi connectivity index (χ1v) is 6.90. The molecule has 0 bridgehead atoms. The monoisotopic (exact) mass is 292 g/mol. The maximum atomic E-state index is 13.4. The fourth-order valence-electron chi connectivity index (χ4n) is 1.97. The molecule has 0 saturated heterocycles. The molecule has 1 amide bonds. The largest absolute Gasteiger partial charge is 0.383 e. The molecular weight excluding hydrogens is 271 g/mol. The number of nitrogens with one attached hydrogen (secondary N) is 1. The molecule has 3 N–H and O–H groups in total. The minimum absolute atomic E-state index is 0.105. The number of hydrogen-bond donors (Lipinski definition) is 2. The van der Waals surface area contributed by atoms with Crippen molar-refractivity contribution in [3.63, 3.8) is 0 Å². The number of amides is 1. The van der Waals surface area contributed by atoms with Gasteiger partial charge in [-0.3, -0.25) is 4.79 Å².